The molecule has 2 heterocycles. The molecule has 0 aliphatic heterocycles. The molecule has 0 fully saturated rings. The maximum absolute atomic E-state index is 13.5. The fraction of sp³-hybridized carbons (Fsp3) is 0.100. The minimum absolute atomic E-state index is 0.141. The van der Waals surface area contributed by atoms with Gasteiger partial charge in [-0.1, -0.05) is 5.16 Å². The highest BCUT2D eigenvalue weighted by atomic mass is 19.1. The third-order valence-corrected chi connectivity index (χ3v) is 2.03. The van der Waals surface area contributed by atoms with E-state index in [1.54, 1.807) is 6.92 Å². The zero-order chi connectivity index (χ0) is 12.4. The van der Waals surface area contributed by atoms with Crippen LogP contribution >= 0.6 is 0 Å². The van der Waals surface area contributed by atoms with E-state index in [-0.39, 0.29) is 17.3 Å². The van der Waals surface area contributed by atoms with Crippen LogP contribution in [0.3, 0.4) is 0 Å². The van der Waals surface area contributed by atoms with Crippen molar-refractivity contribution in [1.29, 1.82) is 0 Å². The zero-order valence-corrected chi connectivity index (χ0v) is 8.90. The number of nitrogen functional groups attached to an aromatic ring is 1. The SMILES string of the molecule is Cc1cc(NC(=O)c2ccnc(N)c2F)on1. The van der Waals surface area contributed by atoms with Crippen LogP contribution in [0.25, 0.3) is 0 Å². The number of aryl methyl sites for hydroxylation is 1. The lowest BCUT2D eigenvalue weighted by atomic mass is 10.2. The highest BCUT2D eigenvalue weighted by Gasteiger charge is 2.16. The average molecular weight is 236 g/mol. The summed E-state index contributed by atoms with van der Waals surface area (Å²) in [5.41, 5.74) is 5.66. The van der Waals surface area contributed by atoms with Gasteiger partial charge in [0, 0.05) is 12.3 Å². The summed E-state index contributed by atoms with van der Waals surface area (Å²) in [6.45, 7) is 1.70. The van der Waals surface area contributed by atoms with Gasteiger partial charge in [-0.25, -0.2) is 9.37 Å². The Kier molecular flexibility index (Phi) is 2.73. The van der Waals surface area contributed by atoms with E-state index >= 15 is 0 Å². The van der Waals surface area contributed by atoms with Crippen LogP contribution < -0.4 is 11.1 Å². The van der Waals surface area contributed by atoms with Gasteiger partial charge in [-0.15, -0.1) is 0 Å². The first-order valence-electron chi connectivity index (χ1n) is 4.72. The van der Waals surface area contributed by atoms with Crippen LogP contribution in [0, 0.1) is 12.7 Å². The average Bonchev–Trinajstić information content (AvgIpc) is 2.68. The Morgan fingerprint density at radius 2 is 2.35 bits per heavy atom. The van der Waals surface area contributed by atoms with Gasteiger partial charge in [0.25, 0.3) is 5.91 Å². The summed E-state index contributed by atoms with van der Waals surface area (Å²) in [6, 6.07) is 2.74. The van der Waals surface area contributed by atoms with Crippen molar-refractivity contribution >= 4 is 17.6 Å². The number of halogens is 1. The normalized spacial score (nSPS) is 10.2. The second-order valence-corrected chi connectivity index (χ2v) is 3.34. The second-order valence-electron chi connectivity index (χ2n) is 3.34. The van der Waals surface area contributed by atoms with Crippen LogP contribution in [0.5, 0.6) is 0 Å². The minimum Gasteiger partial charge on any atom is -0.381 e. The molecule has 6 nitrogen and oxygen atoms in total. The molecule has 0 aliphatic rings. The molecule has 0 bridgehead atoms. The Bertz CT molecular complexity index is 567. The third kappa shape index (κ3) is 2.22. The van der Waals surface area contributed by atoms with Gasteiger partial charge < -0.3 is 10.3 Å². The molecule has 0 saturated carbocycles. The molecule has 1 amide bonds. The predicted octanol–water partition coefficient (Wildman–Crippen LogP) is 1.35. The molecule has 0 saturated heterocycles. The molecule has 2 aromatic heterocycles. The number of rotatable bonds is 2. The standard InChI is InChI=1S/C10H9FN4O2/c1-5-4-7(17-15-5)14-10(16)6-2-3-13-9(12)8(6)11/h2-4H,1H3,(H2,12,13)(H,14,16). The largest absolute Gasteiger partial charge is 0.381 e. The summed E-state index contributed by atoms with van der Waals surface area (Å²) >= 11 is 0. The van der Waals surface area contributed by atoms with Crippen LogP contribution in [0.2, 0.25) is 0 Å². The van der Waals surface area contributed by atoms with Crippen molar-refractivity contribution in [3.05, 3.63) is 35.4 Å². The number of amides is 1. The Hall–Kier alpha value is -2.44. The molecule has 88 valence electrons. The first-order chi connectivity index (χ1) is 8.08. The van der Waals surface area contributed by atoms with E-state index < -0.39 is 11.7 Å². The number of nitrogens with one attached hydrogen (secondary N) is 1. The molecule has 0 spiro atoms. The summed E-state index contributed by atoms with van der Waals surface area (Å²) in [7, 11) is 0. The van der Waals surface area contributed by atoms with E-state index in [2.05, 4.69) is 15.5 Å². The Labute approximate surface area is 95.6 Å². The van der Waals surface area contributed by atoms with E-state index in [9.17, 15) is 9.18 Å². The van der Waals surface area contributed by atoms with Gasteiger partial charge >= 0.3 is 0 Å². The molecular formula is C10H9FN4O2. The number of aromatic nitrogens is 2. The highest BCUT2D eigenvalue weighted by molar-refractivity contribution is 6.04. The van der Waals surface area contributed by atoms with Crippen molar-refractivity contribution in [2.24, 2.45) is 0 Å². The number of carbonyl (C=O) groups excluding carboxylic acids is 1. The summed E-state index contributed by atoms with van der Waals surface area (Å²) in [5, 5.41) is 5.94. The third-order valence-electron chi connectivity index (χ3n) is 2.03. The molecular weight excluding hydrogens is 227 g/mol. The molecule has 3 N–H and O–H groups in total. The molecule has 0 radical (unpaired) electrons. The van der Waals surface area contributed by atoms with Gasteiger partial charge in [0.2, 0.25) is 5.88 Å². The van der Waals surface area contributed by atoms with E-state index in [4.69, 9.17) is 10.3 Å². The smallest absolute Gasteiger partial charge is 0.261 e. The van der Waals surface area contributed by atoms with Crippen LogP contribution in [-0.4, -0.2) is 16.0 Å². The van der Waals surface area contributed by atoms with Crippen LogP contribution in [0.1, 0.15) is 16.1 Å². The molecule has 2 rings (SSSR count). The fourth-order valence-corrected chi connectivity index (χ4v) is 1.24. The Morgan fingerprint density at radius 1 is 1.59 bits per heavy atom. The summed E-state index contributed by atoms with van der Waals surface area (Å²) < 4.78 is 18.2. The number of hydrogen-bond acceptors (Lipinski definition) is 5. The zero-order valence-electron chi connectivity index (χ0n) is 8.90. The number of nitrogens with two attached hydrogens (primary N) is 1. The molecule has 0 unspecified atom stereocenters. The lowest BCUT2D eigenvalue weighted by molar-refractivity contribution is 0.102. The monoisotopic (exact) mass is 236 g/mol. The number of anilines is 2. The van der Waals surface area contributed by atoms with E-state index in [1.807, 2.05) is 0 Å². The molecule has 17 heavy (non-hydrogen) atoms. The van der Waals surface area contributed by atoms with Gasteiger partial charge in [-0.3, -0.25) is 10.1 Å². The van der Waals surface area contributed by atoms with Crippen LogP contribution in [0.15, 0.2) is 22.9 Å². The number of nitrogens with zero attached hydrogens (tertiary/aromatic N) is 2. The van der Waals surface area contributed by atoms with E-state index in [0.717, 1.165) is 0 Å². The number of pyridine rings is 1. The Morgan fingerprint density at radius 3 is 3.00 bits per heavy atom. The molecule has 7 heteroatoms. The van der Waals surface area contributed by atoms with Gasteiger partial charge in [-0.2, -0.15) is 0 Å². The minimum atomic E-state index is -0.860. The fourth-order valence-electron chi connectivity index (χ4n) is 1.24. The van der Waals surface area contributed by atoms with Crippen LogP contribution in [0.4, 0.5) is 16.1 Å². The number of carbonyl (C=O) groups is 1. The van der Waals surface area contributed by atoms with Crippen molar-refractivity contribution in [3.63, 3.8) is 0 Å². The molecule has 0 atom stereocenters. The van der Waals surface area contributed by atoms with Crippen molar-refractivity contribution in [2.45, 2.75) is 6.92 Å². The highest BCUT2D eigenvalue weighted by Crippen LogP contribution is 2.15. The van der Waals surface area contributed by atoms with Crippen molar-refractivity contribution < 1.29 is 13.7 Å². The quantitative estimate of drug-likeness (QED) is 0.820. The van der Waals surface area contributed by atoms with Gasteiger partial charge in [0.1, 0.15) is 0 Å². The summed E-state index contributed by atoms with van der Waals surface area (Å²) in [4.78, 5) is 15.2. The maximum atomic E-state index is 13.5. The first-order valence-corrected chi connectivity index (χ1v) is 4.72. The van der Waals surface area contributed by atoms with Gasteiger partial charge in [0.05, 0.1) is 11.3 Å². The second kappa shape index (κ2) is 4.20. The lowest BCUT2D eigenvalue weighted by Crippen LogP contribution is -2.14. The summed E-state index contributed by atoms with van der Waals surface area (Å²) in [5.74, 6) is -1.72. The topological polar surface area (TPSA) is 94.0 Å². The van der Waals surface area contributed by atoms with Crippen molar-refractivity contribution in [2.75, 3.05) is 11.1 Å². The van der Waals surface area contributed by atoms with Gasteiger partial charge in [-0.05, 0) is 13.0 Å². The Balaban J connectivity index is 2.23. The summed E-state index contributed by atoms with van der Waals surface area (Å²) in [6.07, 6.45) is 1.25. The van der Waals surface area contributed by atoms with Crippen LogP contribution in [-0.2, 0) is 0 Å². The molecule has 2 aromatic rings. The van der Waals surface area contributed by atoms with Gasteiger partial charge in [0.15, 0.2) is 11.6 Å². The first kappa shape index (κ1) is 11.1. The predicted molar refractivity (Wildman–Crippen MR) is 57.8 cm³/mol. The van der Waals surface area contributed by atoms with E-state index in [0.29, 0.717) is 5.69 Å². The number of hydrogen-bond donors (Lipinski definition) is 2. The molecule has 0 aliphatic carbocycles. The van der Waals surface area contributed by atoms with Crippen molar-refractivity contribution in [1.82, 2.24) is 10.1 Å². The van der Waals surface area contributed by atoms with Crippen molar-refractivity contribution in [3.8, 4) is 0 Å². The maximum Gasteiger partial charge on any atom is 0.261 e. The lowest BCUT2D eigenvalue weighted by Gasteiger charge is -2.03. The molecule has 0 aromatic carbocycles. The van der Waals surface area contributed by atoms with E-state index in [1.165, 1.54) is 18.3 Å².